The van der Waals surface area contributed by atoms with Crippen molar-refractivity contribution in [2.45, 2.75) is 56.6 Å². The van der Waals surface area contributed by atoms with Crippen molar-refractivity contribution < 1.29 is 8.42 Å². The second kappa shape index (κ2) is 3.99. The van der Waals surface area contributed by atoms with Gasteiger partial charge >= 0.3 is 0 Å². The Kier molecular flexibility index (Phi) is 2.88. The Balaban J connectivity index is 2.16. The van der Waals surface area contributed by atoms with Gasteiger partial charge in [-0.25, -0.2) is 8.42 Å². The van der Waals surface area contributed by atoms with Gasteiger partial charge in [0.25, 0.3) is 0 Å². The Hall–Kier alpha value is -0.0200. The van der Waals surface area contributed by atoms with E-state index in [1.165, 1.54) is 12.0 Å². The average molecular weight is 289 g/mol. The number of sulfone groups is 1. The molecule has 0 aromatic heterocycles. The van der Waals surface area contributed by atoms with Crippen LogP contribution in [-0.4, -0.2) is 18.9 Å². The van der Waals surface area contributed by atoms with Gasteiger partial charge in [-0.1, -0.05) is 30.9 Å². The SMILES string of the molecule is CC1=CCC23CCCCCC2(C1)CS(=O)(=O)C3Cl. The summed E-state index contributed by atoms with van der Waals surface area (Å²) in [6.07, 6.45) is 9.60. The zero-order valence-electron chi connectivity index (χ0n) is 10.9. The summed E-state index contributed by atoms with van der Waals surface area (Å²) >= 11 is 6.44. The normalized spacial score (nSPS) is 46.8. The van der Waals surface area contributed by atoms with Crippen molar-refractivity contribution in [1.29, 1.82) is 0 Å². The standard InChI is InChI=1S/C14H21ClO2S/c1-11-5-8-14-7-4-2-3-6-13(14,9-11)10-18(16,17)12(14)15/h5,12H,2-4,6-10H2,1H3. The smallest absolute Gasteiger partial charge is 0.168 e. The molecule has 0 bridgehead atoms. The van der Waals surface area contributed by atoms with Gasteiger partial charge < -0.3 is 0 Å². The van der Waals surface area contributed by atoms with Crippen LogP contribution in [0.25, 0.3) is 0 Å². The summed E-state index contributed by atoms with van der Waals surface area (Å²) in [7, 11) is -3.12. The fourth-order valence-corrected chi connectivity index (χ4v) is 7.88. The third-order valence-corrected chi connectivity index (χ3v) is 8.76. The molecule has 1 saturated heterocycles. The van der Waals surface area contributed by atoms with Crippen LogP contribution in [0.5, 0.6) is 0 Å². The maximum atomic E-state index is 12.3. The summed E-state index contributed by atoms with van der Waals surface area (Å²) in [6, 6.07) is 0. The van der Waals surface area contributed by atoms with E-state index in [-0.39, 0.29) is 10.8 Å². The number of alkyl halides is 1. The van der Waals surface area contributed by atoms with E-state index in [0.29, 0.717) is 5.75 Å². The Morgan fingerprint density at radius 2 is 2.00 bits per heavy atom. The lowest BCUT2D eigenvalue weighted by Crippen LogP contribution is -2.44. The number of halogens is 1. The van der Waals surface area contributed by atoms with E-state index in [1.54, 1.807) is 0 Å². The summed E-state index contributed by atoms with van der Waals surface area (Å²) < 4.78 is 24.0. The molecule has 3 aliphatic rings. The van der Waals surface area contributed by atoms with Gasteiger partial charge in [-0.3, -0.25) is 0 Å². The highest BCUT2D eigenvalue weighted by atomic mass is 35.5. The highest BCUT2D eigenvalue weighted by molar-refractivity contribution is 7.93. The van der Waals surface area contributed by atoms with Crippen molar-refractivity contribution in [2.24, 2.45) is 10.8 Å². The monoisotopic (exact) mass is 288 g/mol. The second-order valence-corrected chi connectivity index (χ2v) is 9.33. The minimum atomic E-state index is -3.12. The Bertz CT molecular complexity index is 496. The van der Waals surface area contributed by atoms with E-state index in [0.717, 1.165) is 38.5 Å². The topological polar surface area (TPSA) is 34.1 Å². The molecule has 1 heterocycles. The van der Waals surface area contributed by atoms with Gasteiger partial charge in [0.2, 0.25) is 0 Å². The minimum absolute atomic E-state index is 0.0619. The molecule has 3 rings (SSSR count). The predicted molar refractivity (Wildman–Crippen MR) is 74.4 cm³/mol. The molecule has 1 saturated carbocycles. The van der Waals surface area contributed by atoms with E-state index in [2.05, 4.69) is 13.0 Å². The van der Waals surface area contributed by atoms with Crippen molar-refractivity contribution in [3.63, 3.8) is 0 Å². The van der Waals surface area contributed by atoms with E-state index >= 15 is 0 Å². The van der Waals surface area contributed by atoms with Crippen LogP contribution in [0.2, 0.25) is 0 Å². The molecule has 0 aromatic carbocycles. The summed E-state index contributed by atoms with van der Waals surface area (Å²) in [6.45, 7) is 2.14. The van der Waals surface area contributed by atoms with Crippen LogP contribution in [-0.2, 0) is 9.84 Å². The van der Waals surface area contributed by atoms with Gasteiger partial charge in [0.05, 0.1) is 5.75 Å². The van der Waals surface area contributed by atoms with Gasteiger partial charge in [0.15, 0.2) is 9.84 Å². The molecule has 4 heteroatoms. The average Bonchev–Trinajstić information content (AvgIpc) is 2.42. The molecule has 0 spiro atoms. The van der Waals surface area contributed by atoms with Crippen molar-refractivity contribution in [3.05, 3.63) is 11.6 Å². The molecule has 0 N–H and O–H groups in total. The van der Waals surface area contributed by atoms with Crippen LogP contribution in [0.1, 0.15) is 51.9 Å². The van der Waals surface area contributed by atoms with Gasteiger partial charge in [-0.05, 0) is 38.0 Å². The Labute approximate surface area is 115 Å². The van der Waals surface area contributed by atoms with Crippen molar-refractivity contribution in [1.82, 2.24) is 0 Å². The molecule has 2 fully saturated rings. The fourth-order valence-electron chi connectivity index (χ4n) is 4.66. The largest absolute Gasteiger partial charge is 0.227 e. The zero-order chi connectivity index (χ0) is 13.0. The first kappa shape index (κ1) is 13.0. The lowest BCUT2D eigenvalue weighted by molar-refractivity contribution is 0.0655. The van der Waals surface area contributed by atoms with Gasteiger partial charge in [-0.15, -0.1) is 11.6 Å². The molecule has 3 atom stereocenters. The first-order chi connectivity index (χ1) is 8.42. The summed E-state index contributed by atoms with van der Waals surface area (Å²) in [4.78, 5) is 0. The molecule has 102 valence electrons. The van der Waals surface area contributed by atoms with E-state index in [4.69, 9.17) is 11.6 Å². The van der Waals surface area contributed by atoms with Crippen LogP contribution in [0.15, 0.2) is 11.6 Å². The van der Waals surface area contributed by atoms with Crippen LogP contribution >= 0.6 is 11.6 Å². The van der Waals surface area contributed by atoms with Gasteiger partial charge in [-0.2, -0.15) is 0 Å². The maximum Gasteiger partial charge on any atom is 0.168 e. The molecule has 0 amide bonds. The number of hydrogen-bond donors (Lipinski definition) is 0. The molecule has 18 heavy (non-hydrogen) atoms. The zero-order valence-corrected chi connectivity index (χ0v) is 12.5. The quantitative estimate of drug-likeness (QED) is 0.503. The van der Waals surface area contributed by atoms with Gasteiger partial charge in [0, 0.05) is 5.41 Å². The van der Waals surface area contributed by atoms with E-state index in [9.17, 15) is 8.42 Å². The molecular formula is C14H21ClO2S. The third kappa shape index (κ3) is 1.56. The lowest BCUT2D eigenvalue weighted by atomic mass is 9.56. The number of allylic oxidation sites excluding steroid dienone is 2. The first-order valence-corrected chi connectivity index (χ1v) is 9.08. The molecule has 1 aliphatic heterocycles. The van der Waals surface area contributed by atoms with Gasteiger partial charge in [0.1, 0.15) is 4.71 Å². The minimum Gasteiger partial charge on any atom is -0.227 e. The summed E-state index contributed by atoms with van der Waals surface area (Å²) in [5.74, 6) is 0.319. The molecule has 2 aliphatic carbocycles. The van der Waals surface area contributed by atoms with Crippen LogP contribution in [0.4, 0.5) is 0 Å². The highest BCUT2D eigenvalue weighted by Gasteiger charge is 2.66. The second-order valence-electron chi connectivity index (χ2n) is 6.55. The predicted octanol–water partition coefficient (Wildman–Crippen LogP) is 3.66. The first-order valence-electron chi connectivity index (χ1n) is 6.93. The molecule has 2 nitrogen and oxygen atoms in total. The number of hydrogen-bond acceptors (Lipinski definition) is 2. The maximum absolute atomic E-state index is 12.3. The van der Waals surface area contributed by atoms with Crippen molar-refractivity contribution in [2.75, 3.05) is 5.75 Å². The summed E-state index contributed by atoms with van der Waals surface area (Å²) in [5, 5.41) is 0. The van der Waals surface area contributed by atoms with Crippen molar-refractivity contribution in [3.8, 4) is 0 Å². The number of rotatable bonds is 0. The molecule has 0 radical (unpaired) electrons. The highest BCUT2D eigenvalue weighted by Crippen LogP contribution is 2.66. The van der Waals surface area contributed by atoms with E-state index < -0.39 is 14.5 Å². The molecule has 0 aromatic rings. The Morgan fingerprint density at radius 3 is 2.78 bits per heavy atom. The van der Waals surface area contributed by atoms with Crippen LogP contribution < -0.4 is 0 Å². The molecular weight excluding hydrogens is 268 g/mol. The molecule has 3 unspecified atom stereocenters. The van der Waals surface area contributed by atoms with Crippen LogP contribution in [0, 0.1) is 10.8 Å². The fraction of sp³-hybridized carbons (Fsp3) is 0.857. The third-order valence-electron chi connectivity index (χ3n) is 5.49. The van der Waals surface area contributed by atoms with Crippen molar-refractivity contribution >= 4 is 21.4 Å². The summed E-state index contributed by atoms with van der Waals surface area (Å²) in [5.41, 5.74) is 1.12. The lowest BCUT2D eigenvalue weighted by Gasteiger charge is -2.48. The Morgan fingerprint density at radius 1 is 1.28 bits per heavy atom. The van der Waals surface area contributed by atoms with Crippen LogP contribution in [0.3, 0.4) is 0 Å². The van der Waals surface area contributed by atoms with E-state index in [1.807, 2.05) is 0 Å².